The van der Waals surface area contributed by atoms with Crippen molar-refractivity contribution < 1.29 is 4.79 Å². The third-order valence-electron chi connectivity index (χ3n) is 2.09. The lowest BCUT2D eigenvalue weighted by Gasteiger charge is -2.14. The molecule has 0 aliphatic heterocycles. The summed E-state index contributed by atoms with van der Waals surface area (Å²) in [5.74, 6) is 5.91. The molecule has 6 nitrogen and oxygen atoms in total. The predicted molar refractivity (Wildman–Crippen MR) is 61.9 cm³/mol. The minimum atomic E-state index is -0.197. The summed E-state index contributed by atoms with van der Waals surface area (Å²) in [4.78, 5) is 21.6. The highest BCUT2D eigenvalue weighted by Crippen LogP contribution is 2.16. The zero-order chi connectivity index (χ0) is 12.3. The topological polar surface area (TPSA) is 84.1 Å². The van der Waals surface area contributed by atoms with Gasteiger partial charge in [0.15, 0.2) is 5.69 Å². The number of aromatic nitrogens is 2. The fraction of sp³-hybridized carbons (Fsp3) is 0.500. The summed E-state index contributed by atoms with van der Waals surface area (Å²) in [6.45, 7) is 3.93. The molecular formula is C10H17N5O. The molecular weight excluding hydrogens is 206 g/mol. The van der Waals surface area contributed by atoms with E-state index in [4.69, 9.17) is 5.84 Å². The van der Waals surface area contributed by atoms with Gasteiger partial charge in [-0.1, -0.05) is 13.8 Å². The molecule has 0 aromatic carbocycles. The van der Waals surface area contributed by atoms with Crippen molar-refractivity contribution in [2.45, 2.75) is 19.8 Å². The van der Waals surface area contributed by atoms with Gasteiger partial charge < -0.3 is 10.3 Å². The monoisotopic (exact) mass is 223 g/mol. The van der Waals surface area contributed by atoms with Gasteiger partial charge in [-0.05, 0) is 0 Å². The molecule has 0 unspecified atom stereocenters. The standard InChI is InChI=1S/C10H17N5O/c1-6(2)9-12-5-7(14-11)8(13-9)10(16)15(3)4/h5-6,14H,11H2,1-4H3. The summed E-state index contributed by atoms with van der Waals surface area (Å²) < 4.78 is 0. The maximum atomic E-state index is 11.8. The number of nitrogens with two attached hydrogens (primary N) is 1. The smallest absolute Gasteiger partial charge is 0.274 e. The second-order valence-electron chi connectivity index (χ2n) is 3.99. The quantitative estimate of drug-likeness (QED) is 0.578. The molecule has 0 bridgehead atoms. The SMILES string of the molecule is CC(C)c1ncc(NN)c(C(=O)N(C)C)n1. The van der Waals surface area contributed by atoms with E-state index in [2.05, 4.69) is 15.4 Å². The Labute approximate surface area is 94.8 Å². The molecule has 0 radical (unpaired) electrons. The number of hydrogen-bond donors (Lipinski definition) is 2. The summed E-state index contributed by atoms with van der Waals surface area (Å²) in [6, 6.07) is 0. The Hall–Kier alpha value is -1.69. The maximum Gasteiger partial charge on any atom is 0.274 e. The Morgan fingerprint density at radius 2 is 2.12 bits per heavy atom. The van der Waals surface area contributed by atoms with Gasteiger partial charge in [0, 0.05) is 20.0 Å². The lowest BCUT2D eigenvalue weighted by Crippen LogP contribution is -2.26. The molecule has 0 atom stereocenters. The van der Waals surface area contributed by atoms with E-state index in [0.29, 0.717) is 17.2 Å². The Morgan fingerprint density at radius 1 is 1.50 bits per heavy atom. The van der Waals surface area contributed by atoms with Crippen LogP contribution in [0.25, 0.3) is 0 Å². The van der Waals surface area contributed by atoms with E-state index >= 15 is 0 Å². The van der Waals surface area contributed by atoms with E-state index in [1.165, 1.54) is 11.1 Å². The highest BCUT2D eigenvalue weighted by atomic mass is 16.2. The number of nitrogen functional groups attached to an aromatic ring is 1. The molecule has 1 rings (SSSR count). The molecule has 0 aliphatic rings. The Kier molecular flexibility index (Phi) is 3.78. The van der Waals surface area contributed by atoms with Crippen LogP contribution >= 0.6 is 0 Å². The highest BCUT2D eigenvalue weighted by Gasteiger charge is 2.17. The number of rotatable bonds is 3. The highest BCUT2D eigenvalue weighted by molar-refractivity contribution is 5.97. The second kappa shape index (κ2) is 4.89. The normalized spacial score (nSPS) is 10.4. The van der Waals surface area contributed by atoms with Gasteiger partial charge in [0.05, 0.1) is 11.9 Å². The molecule has 16 heavy (non-hydrogen) atoms. The van der Waals surface area contributed by atoms with Crippen LogP contribution in [0.4, 0.5) is 5.69 Å². The number of anilines is 1. The van der Waals surface area contributed by atoms with Crippen LogP contribution in [0.5, 0.6) is 0 Å². The third-order valence-corrected chi connectivity index (χ3v) is 2.09. The van der Waals surface area contributed by atoms with Crippen LogP contribution in [0.15, 0.2) is 6.20 Å². The van der Waals surface area contributed by atoms with Crippen LogP contribution in [-0.2, 0) is 0 Å². The molecule has 88 valence electrons. The molecule has 6 heteroatoms. The van der Waals surface area contributed by atoms with E-state index in [-0.39, 0.29) is 11.8 Å². The van der Waals surface area contributed by atoms with Crippen molar-refractivity contribution in [2.24, 2.45) is 5.84 Å². The van der Waals surface area contributed by atoms with Crippen LogP contribution < -0.4 is 11.3 Å². The average Bonchev–Trinajstić information content (AvgIpc) is 2.26. The number of nitrogens with one attached hydrogen (secondary N) is 1. The number of hydrazine groups is 1. The predicted octanol–water partition coefficient (Wildman–Crippen LogP) is 0.587. The number of nitrogens with zero attached hydrogens (tertiary/aromatic N) is 3. The van der Waals surface area contributed by atoms with Crippen molar-refractivity contribution in [3.05, 3.63) is 17.7 Å². The number of carbonyl (C=O) groups is 1. The lowest BCUT2D eigenvalue weighted by atomic mass is 10.2. The first-order chi connectivity index (χ1) is 7.47. The molecule has 1 aromatic rings. The maximum absolute atomic E-state index is 11.8. The van der Waals surface area contributed by atoms with Gasteiger partial charge >= 0.3 is 0 Å². The van der Waals surface area contributed by atoms with Gasteiger partial charge in [-0.25, -0.2) is 9.97 Å². The fourth-order valence-electron chi connectivity index (χ4n) is 1.15. The number of carbonyl (C=O) groups excluding carboxylic acids is 1. The summed E-state index contributed by atoms with van der Waals surface area (Å²) in [5, 5.41) is 0. The van der Waals surface area contributed by atoms with Gasteiger partial charge in [0.1, 0.15) is 5.82 Å². The largest absolute Gasteiger partial charge is 0.343 e. The summed E-state index contributed by atoms with van der Waals surface area (Å²) in [7, 11) is 3.33. The third kappa shape index (κ3) is 2.46. The van der Waals surface area contributed by atoms with Crippen LogP contribution in [-0.4, -0.2) is 34.9 Å². The zero-order valence-electron chi connectivity index (χ0n) is 9.98. The first kappa shape index (κ1) is 12.4. The average molecular weight is 223 g/mol. The molecule has 0 spiro atoms. The summed E-state index contributed by atoms with van der Waals surface area (Å²) in [5.41, 5.74) is 3.16. The van der Waals surface area contributed by atoms with Gasteiger partial charge in [-0.2, -0.15) is 0 Å². The molecule has 0 saturated heterocycles. The molecule has 0 aliphatic carbocycles. The Bertz CT molecular complexity index is 389. The van der Waals surface area contributed by atoms with E-state index in [1.54, 1.807) is 14.1 Å². The summed E-state index contributed by atoms with van der Waals surface area (Å²) in [6.07, 6.45) is 1.53. The van der Waals surface area contributed by atoms with Gasteiger partial charge in [-0.15, -0.1) is 0 Å². The van der Waals surface area contributed by atoms with Crippen molar-refractivity contribution in [1.29, 1.82) is 0 Å². The number of amides is 1. The fourth-order valence-corrected chi connectivity index (χ4v) is 1.15. The van der Waals surface area contributed by atoms with Crippen molar-refractivity contribution in [3.8, 4) is 0 Å². The summed E-state index contributed by atoms with van der Waals surface area (Å²) >= 11 is 0. The number of hydrogen-bond acceptors (Lipinski definition) is 5. The molecule has 0 fully saturated rings. The molecule has 1 amide bonds. The van der Waals surface area contributed by atoms with Crippen molar-refractivity contribution in [3.63, 3.8) is 0 Å². The van der Waals surface area contributed by atoms with Crippen molar-refractivity contribution >= 4 is 11.6 Å². The Balaban J connectivity index is 3.22. The van der Waals surface area contributed by atoms with Crippen LogP contribution in [0.3, 0.4) is 0 Å². The van der Waals surface area contributed by atoms with Crippen molar-refractivity contribution in [2.75, 3.05) is 19.5 Å². The molecule has 1 aromatic heterocycles. The van der Waals surface area contributed by atoms with Gasteiger partial charge in [-0.3, -0.25) is 10.6 Å². The van der Waals surface area contributed by atoms with Crippen LogP contribution in [0.1, 0.15) is 36.1 Å². The first-order valence-corrected chi connectivity index (χ1v) is 5.02. The first-order valence-electron chi connectivity index (χ1n) is 5.02. The van der Waals surface area contributed by atoms with Crippen LogP contribution in [0.2, 0.25) is 0 Å². The molecule has 3 N–H and O–H groups in total. The molecule has 1 heterocycles. The van der Waals surface area contributed by atoms with E-state index in [9.17, 15) is 4.79 Å². The zero-order valence-corrected chi connectivity index (χ0v) is 9.98. The minimum Gasteiger partial charge on any atom is -0.343 e. The van der Waals surface area contributed by atoms with E-state index in [1.807, 2.05) is 13.8 Å². The van der Waals surface area contributed by atoms with E-state index < -0.39 is 0 Å². The Morgan fingerprint density at radius 3 is 2.56 bits per heavy atom. The lowest BCUT2D eigenvalue weighted by molar-refractivity contribution is 0.0822. The molecule has 0 saturated carbocycles. The van der Waals surface area contributed by atoms with Gasteiger partial charge in [0.2, 0.25) is 0 Å². The van der Waals surface area contributed by atoms with E-state index in [0.717, 1.165) is 0 Å². The minimum absolute atomic E-state index is 0.167. The van der Waals surface area contributed by atoms with Gasteiger partial charge in [0.25, 0.3) is 5.91 Å². The van der Waals surface area contributed by atoms with Crippen molar-refractivity contribution in [1.82, 2.24) is 14.9 Å². The van der Waals surface area contributed by atoms with Crippen LogP contribution in [0, 0.1) is 0 Å². The second-order valence-corrected chi connectivity index (χ2v) is 3.99.